The van der Waals surface area contributed by atoms with Gasteiger partial charge in [0.05, 0.1) is 17.7 Å². The van der Waals surface area contributed by atoms with Gasteiger partial charge in [0.1, 0.15) is 16.6 Å². The van der Waals surface area contributed by atoms with E-state index in [4.69, 9.17) is 25.7 Å². The summed E-state index contributed by atoms with van der Waals surface area (Å²) >= 11 is 7.63. The van der Waals surface area contributed by atoms with E-state index in [0.717, 1.165) is 33.8 Å². The lowest BCUT2D eigenvalue weighted by molar-refractivity contribution is 0.414. The number of anilines is 2. The Morgan fingerprint density at radius 3 is 2.53 bits per heavy atom. The molecule has 5 rings (SSSR count). The summed E-state index contributed by atoms with van der Waals surface area (Å²) < 4.78 is 10.9. The van der Waals surface area contributed by atoms with Gasteiger partial charge >= 0.3 is 5.63 Å². The van der Waals surface area contributed by atoms with Gasteiger partial charge in [-0.2, -0.15) is 0 Å². The molecule has 5 aromatic rings. The number of hydrogen-bond acceptors (Lipinski definition) is 6. The molecule has 0 amide bonds. The third-order valence-corrected chi connectivity index (χ3v) is 7.27. The molecule has 36 heavy (non-hydrogen) atoms. The molecular formula is C29H25ClN2O3S. The molecule has 0 atom stereocenters. The molecule has 0 saturated heterocycles. The van der Waals surface area contributed by atoms with Gasteiger partial charge in [-0.05, 0) is 79.4 Å². The maximum atomic E-state index is 12.8. The molecule has 182 valence electrons. The molecule has 2 heterocycles. The van der Waals surface area contributed by atoms with Gasteiger partial charge < -0.3 is 14.1 Å². The molecule has 0 aliphatic heterocycles. The molecule has 0 aliphatic rings. The quantitative estimate of drug-likeness (QED) is 0.215. The number of rotatable bonds is 6. The molecule has 5 nitrogen and oxygen atoms in total. The Hall–Kier alpha value is -3.61. The van der Waals surface area contributed by atoms with E-state index in [1.54, 1.807) is 19.2 Å². The van der Waals surface area contributed by atoms with Gasteiger partial charge in [0, 0.05) is 23.0 Å². The van der Waals surface area contributed by atoms with Crippen molar-refractivity contribution in [2.24, 2.45) is 0 Å². The fourth-order valence-corrected chi connectivity index (χ4v) is 5.36. The summed E-state index contributed by atoms with van der Waals surface area (Å²) in [7, 11) is 1.67. The smallest absolute Gasteiger partial charge is 0.346 e. The number of methoxy groups -OCH3 is 1. The van der Waals surface area contributed by atoms with Crippen LogP contribution in [0.3, 0.4) is 0 Å². The van der Waals surface area contributed by atoms with E-state index in [2.05, 4.69) is 49.9 Å². The Labute approximate surface area is 218 Å². The maximum Gasteiger partial charge on any atom is 0.346 e. The highest BCUT2D eigenvalue weighted by Gasteiger charge is 2.19. The molecule has 0 bridgehead atoms. The lowest BCUT2D eigenvalue weighted by atomic mass is 10.1. The molecule has 2 aromatic heterocycles. The van der Waals surface area contributed by atoms with Crippen molar-refractivity contribution in [1.29, 1.82) is 0 Å². The molecule has 0 fully saturated rings. The molecule has 0 radical (unpaired) electrons. The van der Waals surface area contributed by atoms with E-state index in [0.29, 0.717) is 27.7 Å². The standard InChI is InChI=1S/C29H25ClN2O3S/c1-17-10-18(2)12-22(11-17)32(15-21-8-9-23(34-4)13-19(21)3)26-16-36-28(31-26)24-14-20-6-5-7-25(30)27(20)35-29(24)33/h5-14,16H,15H2,1-4H3. The van der Waals surface area contributed by atoms with Crippen LogP contribution in [0.25, 0.3) is 21.5 Å². The third kappa shape index (κ3) is 4.74. The van der Waals surface area contributed by atoms with E-state index in [-0.39, 0.29) is 0 Å². The molecule has 0 N–H and O–H groups in total. The van der Waals surface area contributed by atoms with Crippen LogP contribution < -0.4 is 15.3 Å². The first kappa shape index (κ1) is 24.1. The number of para-hydroxylation sites is 1. The van der Waals surface area contributed by atoms with Crippen LogP contribution >= 0.6 is 22.9 Å². The normalized spacial score (nSPS) is 11.1. The average molecular weight is 517 g/mol. The number of hydrogen-bond donors (Lipinski definition) is 0. The number of benzene rings is 3. The monoisotopic (exact) mass is 516 g/mol. The second-order valence-corrected chi connectivity index (χ2v) is 10.1. The van der Waals surface area contributed by atoms with Gasteiger partial charge in [0.15, 0.2) is 5.58 Å². The molecule has 3 aromatic carbocycles. The molecule has 0 aliphatic carbocycles. The van der Waals surface area contributed by atoms with Crippen molar-refractivity contribution in [3.8, 4) is 16.3 Å². The Morgan fingerprint density at radius 2 is 1.81 bits per heavy atom. The lowest BCUT2D eigenvalue weighted by Gasteiger charge is -2.25. The predicted molar refractivity (Wildman–Crippen MR) is 148 cm³/mol. The van der Waals surface area contributed by atoms with Crippen molar-refractivity contribution in [2.45, 2.75) is 27.3 Å². The van der Waals surface area contributed by atoms with Crippen molar-refractivity contribution in [2.75, 3.05) is 12.0 Å². The second kappa shape index (κ2) is 9.80. The number of fused-ring (bicyclic) bond motifs is 1. The molecular weight excluding hydrogens is 492 g/mol. The van der Waals surface area contributed by atoms with Crippen LogP contribution in [0.2, 0.25) is 5.02 Å². The fraction of sp³-hybridized carbons (Fsp3) is 0.172. The van der Waals surface area contributed by atoms with Gasteiger partial charge in [-0.3, -0.25) is 0 Å². The van der Waals surface area contributed by atoms with Crippen LogP contribution in [0.1, 0.15) is 22.3 Å². The van der Waals surface area contributed by atoms with Gasteiger partial charge in [-0.25, -0.2) is 9.78 Å². The van der Waals surface area contributed by atoms with E-state index in [1.807, 2.05) is 29.6 Å². The van der Waals surface area contributed by atoms with Gasteiger partial charge in [0.25, 0.3) is 0 Å². The first-order chi connectivity index (χ1) is 17.3. The minimum atomic E-state index is -0.458. The first-order valence-electron chi connectivity index (χ1n) is 11.5. The number of thiazole rings is 1. The van der Waals surface area contributed by atoms with Crippen LogP contribution in [0, 0.1) is 20.8 Å². The van der Waals surface area contributed by atoms with Crippen LogP contribution in [-0.4, -0.2) is 12.1 Å². The largest absolute Gasteiger partial charge is 0.497 e. The maximum absolute atomic E-state index is 12.8. The molecule has 0 saturated carbocycles. The van der Waals surface area contributed by atoms with Gasteiger partial charge in [-0.15, -0.1) is 11.3 Å². The van der Waals surface area contributed by atoms with Crippen molar-refractivity contribution >= 4 is 45.4 Å². The number of halogens is 1. The Bertz CT molecular complexity index is 1620. The van der Waals surface area contributed by atoms with Crippen LogP contribution in [0.5, 0.6) is 5.75 Å². The van der Waals surface area contributed by atoms with Crippen LogP contribution in [0.4, 0.5) is 11.5 Å². The van der Waals surface area contributed by atoms with Crippen molar-refractivity contribution < 1.29 is 9.15 Å². The average Bonchev–Trinajstić information content (AvgIpc) is 3.32. The first-order valence-corrected chi connectivity index (χ1v) is 12.8. The summed E-state index contributed by atoms with van der Waals surface area (Å²) in [6, 6.07) is 19.7. The van der Waals surface area contributed by atoms with Gasteiger partial charge in [-0.1, -0.05) is 35.9 Å². The summed E-state index contributed by atoms with van der Waals surface area (Å²) in [5.41, 5.74) is 6.01. The summed E-state index contributed by atoms with van der Waals surface area (Å²) in [5, 5.41) is 3.75. The predicted octanol–water partition coefficient (Wildman–Crippen LogP) is 7.84. The topological polar surface area (TPSA) is 55.6 Å². The highest BCUT2D eigenvalue weighted by atomic mass is 35.5. The number of nitrogens with zero attached hydrogens (tertiary/aromatic N) is 2. The zero-order valence-electron chi connectivity index (χ0n) is 20.5. The highest BCUT2D eigenvalue weighted by Crippen LogP contribution is 2.35. The number of ether oxygens (including phenoxy) is 1. The van der Waals surface area contributed by atoms with Gasteiger partial charge in [0.2, 0.25) is 0 Å². The lowest BCUT2D eigenvalue weighted by Crippen LogP contribution is -2.18. The SMILES string of the molecule is COc1ccc(CN(c2cc(C)cc(C)c2)c2csc(-c3cc4cccc(Cl)c4oc3=O)n2)c(C)c1. The zero-order chi connectivity index (χ0) is 25.4. The Kier molecular flexibility index (Phi) is 6.56. The highest BCUT2D eigenvalue weighted by molar-refractivity contribution is 7.13. The van der Waals surface area contributed by atoms with Crippen molar-refractivity contribution in [1.82, 2.24) is 4.98 Å². The Balaban J connectivity index is 1.59. The summed E-state index contributed by atoms with van der Waals surface area (Å²) in [6.07, 6.45) is 0. The summed E-state index contributed by atoms with van der Waals surface area (Å²) in [4.78, 5) is 19.9. The molecule has 0 spiro atoms. The van der Waals surface area contributed by atoms with Crippen molar-refractivity contribution in [3.05, 3.63) is 104 Å². The molecule has 0 unspecified atom stereocenters. The van der Waals surface area contributed by atoms with E-state index in [9.17, 15) is 4.79 Å². The minimum Gasteiger partial charge on any atom is -0.497 e. The fourth-order valence-electron chi connectivity index (χ4n) is 4.33. The van der Waals surface area contributed by atoms with E-state index in [1.165, 1.54) is 22.5 Å². The third-order valence-electron chi connectivity index (χ3n) is 6.11. The zero-order valence-corrected chi connectivity index (χ0v) is 22.0. The number of aromatic nitrogens is 1. The van der Waals surface area contributed by atoms with Crippen molar-refractivity contribution in [3.63, 3.8) is 0 Å². The number of aryl methyl sites for hydroxylation is 3. The van der Waals surface area contributed by atoms with Crippen LogP contribution in [0.15, 0.2) is 75.3 Å². The molecule has 7 heteroatoms. The summed E-state index contributed by atoms with van der Waals surface area (Å²) in [6.45, 7) is 6.87. The van der Waals surface area contributed by atoms with E-state index < -0.39 is 5.63 Å². The summed E-state index contributed by atoms with van der Waals surface area (Å²) in [5.74, 6) is 1.59. The van der Waals surface area contributed by atoms with E-state index >= 15 is 0 Å². The minimum absolute atomic E-state index is 0.386. The second-order valence-electron chi connectivity index (χ2n) is 8.84. The van der Waals surface area contributed by atoms with Crippen LogP contribution in [-0.2, 0) is 6.54 Å². The Morgan fingerprint density at radius 1 is 1.03 bits per heavy atom.